The number of halogens is 1. The second-order valence-corrected chi connectivity index (χ2v) is 3.24. The van der Waals surface area contributed by atoms with Gasteiger partial charge in [-0.15, -0.1) is 6.58 Å². The van der Waals surface area contributed by atoms with E-state index in [2.05, 4.69) is 21.9 Å². The van der Waals surface area contributed by atoms with Crippen LogP contribution >= 0.6 is 11.6 Å². The normalized spacial score (nSPS) is 9.93. The Labute approximate surface area is 94.3 Å². The maximum absolute atomic E-state index is 5.85. The smallest absolute Gasteiger partial charge is 0.148 e. The van der Waals surface area contributed by atoms with Gasteiger partial charge in [0, 0.05) is 6.54 Å². The van der Waals surface area contributed by atoms with Gasteiger partial charge in [0.05, 0.1) is 19.4 Å². The minimum atomic E-state index is 0.517. The lowest BCUT2D eigenvalue weighted by Gasteiger charge is -2.06. The molecule has 0 aliphatic heterocycles. The van der Waals surface area contributed by atoms with Gasteiger partial charge in [0.2, 0.25) is 0 Å². The van der Waals surface area contributed by atoms with E-state index in [1.54, 1.807) is 6.20 Å². The molecule has 15 heavy (non-hydrogen) atoms. The first kappa shape index (κ1) is 11.9. The van der Waals surface area contributed by atoms with Crippen LogP contribution in [0.5, 0.6) is 0 Å². The fraction of sp³-hybridized carbons (Fsp3) is 0.400. The van der Waals surface area contributed by atoms with Gasteiger partial charge in [-0.05, 0) is 6.42 Å². The van der Waals surface area contributed by atoms with Crippen molar-refractivity contribution in [3.8, 4) is 0 Å². The van der Waals surface area contributed by atoms with Crippen molar-refractivity contribution in [3.05, 3.63) is 30.2 Å². The van der Waals surface area contributed by atoms with Crippen LogP contribution in [0.4, 0.5) is 5.82 Å². The van der Waals surface area contributed by atoms with E-state index in [0.29, 0.717) is 30.6 Å². The van der Waals surface area contributed by atoms with Crippen LogP contribution in [0.15, 0.2) is 25.2 Å². The first-order valence-corrected chi connectivity index (χ1v) is 5.10. The van der Waals surface area contributed by atoms with Crippen molar-refractivity contribution < 1.29 is 4.74 Å². The van der Waals surface area contributed by atoms with Crippen molar-refractivity contribution in [2.75, 3.05) is 25.1 Å². The predicted molar refractivity (Wildman–Crippen MR) is 61.2 cm³/mol. The van der Waals surface area contributed by atoms with Gasteiger partial charge in [-0.2, -0.15) is 0 Å². The van der Waals surface area contributed by atoms with Crippen molar-refractivity contribution >= 4 is 17.4 Å². The summed E-state index contributed by atoms with van der Waals surface area (Å²) in [5.41, 5.74) is 0. The van der Waals surface area contributed by atoms with E-state index in [9.17, 15) is 0 Å². The second kappa shape index (κ2) is 7.20. The minimum Gasteiger partial charge on any atom is -0.379 e. The molecule has 5 heteroatoms. The van der Waals surface area contributed by atoms with E-state index in [1.165, 1.54) is 6.33 Å². The summed E-state index contributed by atoms with van der Waals surface area (Å²) in [6, 6.07) is 0. The van der Waals surface area contributed by atoms with Crippen LogP contribution in [-0.2, 0) is 4.74 Å². The molecule has 0 bridgehead atoms. The molecule has 1 aromatic heterocycles. The zero-order valence-corrected chi connectivity index (χ0v) is 9.20. The number of aromatic nitrogens is 2. The summed E-state index contributed by atoms with van der Waals surface area (Å²) in [4.78, 5) is 7.77. The van der Waals surface area contributed by atoms with Gasteiger partial charge in [0.25, 0.3) is 0 Å². The Hall–Kier alpha value is -1.13. The van der Waals surface area contributed by atoms with Gasteiger partial charge in [0.15, 0.2) is 0 Å². The van der Waals surface area contributed by atoms with E-state index in [-0.39, 0.29) is 0 Å². The summed E-state index contributed by atoms with van der Waals surface area (Å²) in [6.07, 6.45) is 5.70. The Balaban J connectivity index is 2.15. The Morgan fingerprint density at radius 3 is 3.13 bits per heavy atom. The highest BCUT2D eigenvalue weighted by Crippen LogP contribution is 2.15. The molecule has 0 amide bonds. The molecule has 0 aliphatic carbocycles. The number of anilines is 1. The van der Waals surface area contributed by atoms with Gasteiger partial charge in [-0.25, -0.2) is 9.97 Å². The molecule has 1 heterocycles. The number of rotatable bonds is 7. The van der Waals surface area contributed by atoms with E-state index >= 15 is 0 Å². The van der Waals surface area contributed by atoms with Gasteiger partial charge in [-0.3, -0.25) is 0 Å². The fourth-order valence-electron chi connectivity index (χ4n) is 0.953. The second-order valence-electron chi connectivity index (χ2n) is 2.84. The number of nitrogens with one attached hydrogen (secondary N) is 1. The molecular weight excluding hydrogens is 214 g/mol. The molecule has 4 nitrogen and oxygen atoms in total. The molecule has 0 spiro atoms. The molecule has 0 aliphatic rings. The highest BCUT2D eigenvalue weighted by atomic mass is 35.5. The number of ether oxygens (including phenoxy) is 1. The van der Waals surface area contributed by atoms with Crippen LogP contribution in [0.2, 0.25) is 5.02 Å². The fourth-order valence-corrected chi connectivity index (χ4v) is 1.13. The molecule has 1 aromatic rings. The number of hydrogen-bond donors (Lipinski definition) is 1. The molecule has 0 atom stereocenters. The number of hydrogen-bond acceptors (Lipinski definition) is 4. The SMILES string of the molecule is C=CCCOCCNc1ncncc1Cl. The van der Waals surface area contributed by atoms with E-state index in [4.69, 9.17) is 16.3 Å². The lowest BCUT2D eigenvalue weighted by molar-refractivity contribution is 0.149. The van der Waals surface area contributed by atoms with E-state index in [1.807, 2.05) is 6.08 Å². The van der Waals surface area contributed by atoms with Crippen molar-refractivity contribution in [1.82, 2.24) is 9.97 Å². The maximum atomic E-state index is 5.85. The molecule has 0 saturated heterocycles. The van der Waals surface area contributed by atoms with Crippen LogP contribution < -0.4 is 5.32 Å². The molecule has 0 fully saturated rings. The van der Waals surface area contributed by atoms with Gasteiger partial charge in [-0.1, -0.05) is 17.7 Å². The van der Waals surface area contributed by atoms with Crippen molar-refractivity contribution in [3.63, 3.8) is 0 Å². The first-order valence-electron chi connectivity index (χ1n) is 4.72. The standard InChI is InChI=1S/C10H14ClN3O/c1-2-3-5-15-6-4-13-10-9(11)7-12-8-14-10/h2,7-8H,1,3-6H2,(H,12,13,14). The first-order chi connectivity index (χ1) is 7.34. The molecule has 1 rings (SSSR count). The zero-order valence-electron chi connectivity index (χ0n) is 8.45. The molecule has 82 valence electrons. The highest BCUT2D eigenvalue weighted by molar-refractivity contribution is 6.32. The van der Waals surface area contributed by atoms with Crippen LogP contribution in [0.1, 0.15) is 6.42 Å². The molecule has 0 radical (unpaired) electrons. The van der Waals surface area contributed by atoms with E-state index in [0.717, 1.165) is 6.42 Å². The van der Waals surface area contributed by atoms with Gasteiger partial charge >= 0.3 is 0 Å². The van der Waals surface area contributed by atoms with Crippen LogP contribution in [0.3, 0.4) is 0 Å². The van der Waals surface area contributed by atoms with Gasteiger partial charge in [0.1, 0.15) is 17.2 Å². The Morgan fingerprint density at radius 1 is 1.53 bits per heavy atom. The third-order valence-electron chi connectivity index (χ3n) is 1.67. The number of nitrogens with zero attached hydrogens (tertiary/aromatic N) is 2. The molecular formula is C10H14ClN3O. The average Bonchev–Trinajstić information content (AvgIpc) is 2.25. The summed E-state index contributed by atoms with van der Waals surface area (Å²) < 4.78 is 5.32. The lowest BCUT2D eigenvalue weighted by Crippen LogP contribution is -2.11. The lowest BCUT2D eigenvalue weighted by atomic mass is 10.4. The summed E-state index contributed by atoms with van der Waals surface area (Å²) in [7, 11) is 0. The minimum absolute atomic E-state index is 0.517. The van der Waals surface area contributed by atoms with E-state index < -0.39 is 0 Å². The molecule has 0 saturated carbocycles. The monoisotopic (exact) mass is 227 g/mol. The van der Waals surface area contributed by atoms with Crippen LogP contribution in [0.25, 0.3) is 0 Å². The Bertz CT molecular complexity index is 306. The Kier molecular flexibility index (Phi) is 5.73. The Morgan fingerprint density at radius 2 is 2.40 bits per heavy atom. The van der Waals surface area contributed by atoms with Crippen molar-refractivity contribution in [1.29, 1.82) is 0 Å². The van der Waals surface area contributed by atoms with Crippen molar-refractivity contribution in [2.45, 2.75) is 6.42 Å². The molecule has 0 unspecified atom stereocenters. The summed E-state index contributed by atoms with van der Waals surface area (Å²) in [5.74, 6) is 0.638. The van der Waals surface area contributed by atoms with Crippen molar-refractivity contribution in [2.24, 2.45) is 0 Å². The summed E-state index contributed by atoms with van der Waals surface area (Å²) >= 11 is 5.85. The molecule has 1 N–H and O–H groups in total. The average molecular weight is 228 g/mol. The van der Waals surface area contributed by atoms with Gasteiger partial charge < -0.3 is 10.1 Å². The quantitative estimate of drug-likeness (QED) is 0.573. The van der Waals surface area contributed by atoms with Crippen LogP contribution in [0, 0.1) is 0 Å². The summed E-state index contributed by atoms with van der Waals surface area (Å²) in [5, 5.41) is 3.57. The van der Waals surface area contributed by atoms with Crippen LogP contribution in [-0.4, -0.2) is 29.7 Å². The zero-order chi connectivity index (χ0) is 10.9. The third-order valence-corrected chi connectivity index (χ3v) is 1.95. The summed E-state index contributed by atoms with van der Waals surface area (Å²) in [6.45, 7) is 5.60. The predicted octanol–water partition coefficient (Wildman–Crippen LogP) is 2.13. The molecule has 0 aromatic carbocycles. The maximum Gasteiger partial charge on any atom is 0.148 e. The largest absolute Gasteiger partial charge is 0.379 e. The highest BCUT2D eigenvalue weighted by Gasteiger charge is 1.98. The third kappa shape index (κ3) is 4.76. The topological polar surface area (TPSA) is 47.0 Å².